The molecule has 4 aromatic rings. The van der Waals surface area contributed by atoms with Crippen molar-refractivity contribution >= 4 is 5.95 Å². The third kappa shape index (κ3) is 6.60. The maximum Gasteiger partial charge on any atom is 0.429 e. The molecule has 0 fully saturated rings. The summed E-state index contributed by atoms with van der Waals surface area (Å²) in [7, 11) is 0. The maximum absolute atomic E-state index is 14.0. The van der Waals surface area contributed by atoms with Gasteiger partial charge in [0.05, 0.1) is 5.69 Å². The highest BCUT2D eigenvalue weighted by atomic mass is 19.4. The van der Waals surface area contributed by atoms with Gasteiger partial charge in [-0.25, -0.2) is 9.37 Å². The van der Waals surface area contributed by atoms with Crippen LogP contribution in [0.25, 0.3) is 22.4 Å². The minimum atomic E-state index is -4.75. The Labute approximate surface area is 211 Å². The zero-order valence-corrected chi connectivity index (χ0v) is 19.6. The van der Waals surface area contributed by atoms with Gasteiger partial charge in [-0.15, -0.1) is 0 Å². The first-order chi connectivity index (χ1) is 17.6. The minimum Gasteiger partial charge on any atom is -0.460 e. The van der Waals surface area contributed by atoms with E-state index in [0.717, 1.165) is 5.56 Å². The van der Waals surface area contributed by atoms with E-state index in [1.165, 1.54) is 48.5 Å². The zero-order chi connectivity index (χ0) is 26.6. The van der Waals surface area contributed by atoms with E-state index in [1.807, 2.05) is 12.1 Å². The molecule has 1 heterocycles. The van der Waals surface area contributed by atoms with Crippen molar-refractivity contribution in [2.75, 3.05) is 12.3 Å². The van der Waals surface area contributed by atoms with Gasteiger partial charge in [0.15, 0.2) is 0 Å². The number of nitrogens with two attached hydrogens (primary N) is 3. The number of nitrogen functional groups attached to an aromatic ring is 1. The highest BCUT2D eigenvalue weighted by Gasteiger charge is 2.43. The molecule has 6 N–H and O–H groups in total. The van der Waals surface area contributed by atoms with E-state index < -0.39 is 18.1 Å². The molecule has 1 aromatic heterocycles. The van der Waals surface area contributed by atoms with E-state index >= 15 is 0 Å². The SMILES string of the molecule is NCC(N)Cc1ccc(-c2cc(OC(c3ccc(-c4cccc(F)c4)cc3)C(F)(F)F)nc(N)n2)cc1. The first kappa shape index (κ1) is 26.1. The van der Waals surface area contributed by atoms with Gasteiger partial charge >= 0.3 is 6.18 Å². The second kappa shape index (κ2) is 10.9. The lowest BCUT2D eigenvalue weighted by Crippen LogP contribution is -2.31. The van der Waals surface area contributed by atoms with E-state index in [4.69, 9.17) is 21.9 Å². The third-order valence-electron chi connectivity index (χ3n) is 5.68. The van der Waals surface area contributed by atoms with Crippen molar-refractivity contribution in [1.82, 2.24) is 9.97 Å². The Kier molecular flexibility index (Phi) is 7.70. The number of anilines is 1. The summed E-state index contributed by atoms with van der Waals surface area (Å²) in [5.74, 6) is -0.999. The van der Waals surface area contributed by atoms with Gasteiger partial charge in [-0.05, 0) is 35.2 Å². The molecule has 0 saturated carbocycles. The molecule has 4 rings (SSSR count). The van der Waals surface area contributed by atoms with Crippen LogP contribution in [0, 0.1) is 5.82 Å². The average Bonchev–Trinajstić information content (AvgIpc) is 2.87. The Bertz CT molecular complexity index is 1340. The second-order valence-corrected chi connectivity index (χ2v) is 8.52. The molecule has 0 bridgehead atoms. The number of alkyl halides is 3. The van der Waals surface area contributed by atoms with Crippen molar-refractivity contribution < 1.29 is 22.3 Å². The van der Waals surface area contributed by atoms with E-state index in [0.29, 0.717) is 35.3 Å². The standard InChI is InChI=1S/C27H25F4N5O/c28-21-3-1-2-20(13-21)17-8-10-19(11-9-17)25(27(29,30)31)37-24-14-23(35-26(34)36-24)18-6-4-16(5-7-18)12-22(33)15-32/h1-11,13-14,22,25H,12,15,32-33H2,(H2,34,35,36). The van der Waals surface area contributed by atoms with Crippen LogP contribution in [-0.4, -0.2) is 28.7 Å². The largest absolute Gasteiger partial charge is 0.460 e. The maximum atomic E-state index is 14.0. The number of aromatic nitrogens is 2. The minimum absolute atomic E-state index is 0.146. The van der Waals surface area contributed by atoms with Crippen LogP contribution in [0.15, 0.2) is 78.9 Å². The van der Waals surface area contributed by atoms with Crippen molar-refractivity contribution in [2.24, 2.45) is 11.5 Å². The first-order valence-electron chi connectivity index (χ1n) is 11.4. The fourth-order valence-corrected chi connectivity index (χ4v) is 3.81. The summed E-state index contributed by atoms with van der Waals surface area (Å²) in [6.45, 7) is 0.346. The fraction of sp³-hybridized carbons (Fsp3) is 0.185. The van der Waals surface area contributed by atoms with Gasteiger partial charge in [-0.3, -0.25) is 0 Å². The molecular formula is C27H25F4N5O. The molecule has 0 aliphatic heterocycles. The predicted molar refractivity (Wildman–Crippen MR) is 134 cm³/mol. The predicted octanol–water partition coefficient (Wildman–Crippen LogP) is 5.04. The Morgan fingerprint density at radius 1 is 0.838 bits per heavy atom. The van der Waals surface area contributed by atoms with Crippen molar-refractivity contribution in [3.8, 4) is 28.3 Å². The molecule has 0 radical (unpaired) electrons. The molecule has 0 saturated heterocycles. The molecule has 0 spiro atoms. The van der Waals surface area contributed by atoms with E-state index in [1.54, 1.807) is 18.2 Å². The second-order valence-electron chi connectivity index (χ2n) is 8.52. The molecule has 10 heteroatoms. The summed E-state index contributed by atoms with van der Waals surface area (Å²) >= 11 is 0. The lowest BCUT2D eigenvalue weighted by Gasteiger charge is -2.22. The Morgan fingerprint density at radius 2 is 1.51 bits per heavy atom. The third-order valence-corrected chi connectivity index (χ3v) is 5.68. The highest BCUT2D eigenvalue weighted by Crippen LogP contribution is 2.38. The van der Waals surface area contributed by atoms with E-state index in [2.05, 4.69) is 9.97 Å². The molecule has 2 atom stereocenters. The smallest absolute Gasteiger partial charge is 0.429 e. The molecule has 37 heavy (non-hydrogen) atoms. The summed E-state index contributed by atoms with van der Waals surface area (Å²) in [6.07, 6.45) is -6.47. The van der Waals surface area contributed by atoms with Gasteiger partial charge in [0.25, 0.3) is 0 Å². The van der Waals surface area contributed by atoms with Crippen LogP contribution in [0.4, 0.5) is 23.5 Å². The lowest BCUT2D eigenvalue weighted by atomic mass is 10.0. The Hall–Kier alpha value is -4.02. The van der Waals surface area contributed by atoms with Gasteiger partial charge in [-0.2, -0.15) is 18.2 Å². The number of hydrogen-bond acceptors (Lipinski definition) is 6. The summed E-state index contributed by atoms with van der Waals surface area (Å²) < 4.78 is 60.9. The van der Waals surface area contributed by atoms with Crippen LogP contribution in [-0.2, 0) is 6.42 Å². The number of ether oxygens (including phenoxy) is 1. The molecular weight excluding hydrogens is 486 g/mol. The quantitative estimate of drug-likeness (QED) is 0.286. The van der Waals surface area contributed by atoms with Gasteiger partial charge in [0, 0.05) is 29.8 Å². The fourth-order valence-electron chi connectivity index (χ4n) is 3.81. The number of benzene rings is 3. The summed E-state index contributed by atoms with van der Waals surface area (Å²) in [5, 5.41) is 0. The van der Waals surface area contributed by atoms with Gasteiger partial charge in [-0.1, -0.05) is 60.7 Å². The molecule has 6 nitrogen and oxygen atoms in total. The van der Waals surface area contributed by atoms with Crippen molar-refractivity contribution in [2.45, 2.75) is 24.7 Å². The zero-order valence-electron chi connectivity index (χ0n) is 19.6. The molecule has 0 aliphatic rings. The summed E-state index contributed by atoms with van der Waals surface area (Å²) in [4.78, 5) is 7.99. The van der Waals surface area contributed by atoms with Crippen molar-refractivity contribution in [1.29, 1.82) is 0 Å². The van der Waals surface area contributed by atoms with Crippen molar-refractivity contribution in [3.63, 3.8) is 0 Å². The molecule has 2 unspecified atom stereocenters. The highest BCUT2D eigenvalue weighted by molar-refractivity contribution is 5.64. The van der Waals surface area contributed by atoms with E-state index in [-0.39, 0.29) is 23.4 Å². The molecule has 192 valence electrons. The molecule has 3 aromatic carbocycles. The number of hydrogen-bond donors (Lipinski definition) is 3. The van der Waals surface area contributed by atoms with Crippen LogP contribution < -0.4 is 21.9 Å². The van der Waals surface area contributed by atoms with Crippen molar-refractivity contribution in [3.05, 3.63) is 95.8 Å². The monoisotopic (exact) mass is 511 g/mol. The van der Waals surface area contributed by atoms with E-state index in [9.17, 15) is 17.6 Å². The number of halogens is 4. The van der Waals surface area contributed by atoms with Gasteiger partial charge in [0.2, 0.25) is 17.9 Å². The van der Waals surface area contributed by atoms with Crippen LogP contribution in [0.5, 0.6) is 5.88 Å². The lowest BCUT2D eigenvalue weighted by molar-refractivity contribution is -0.198. The van der Waals surface area contributed by atoms with Crippen LogP contribution >= 0.6 is 0 Å². The average molecular weight is 512 g/mol. The van der Waals surface area contributed by atoms with Gasteiger partial charge < -0.3 is 21.9 Å². The van der Waals surface area contributed by atoms with Crippen LogP contribution in [0.1, 0.15) is 17.2 Å². The van der Waals surface area contributed by atoms with Crippen LogP contribution in [0.3, 0.4) is 0 Å². The topological polar surface area (TPSA) is 113 Å². The Morgan fingerprint density at radius 3 is 2.14 bits per heavy atom. The summed E-state index contributed by atoms with van der Waals surface area (Å²) in [5.41, 5.74) is 20.1. The number of nitrogens with zero attached hydrogens (tertiary/aromatic N) is 2. The number of rotatable bonds is 8. The normalized spacial score (nSPS) is 13.2. The van der Waals surface area contributed by atoms with Crippen LogP contribution in [0.2, 0.25) is 0 Å². The molecule has 0 aliphatic carbocycles. The Balaban J connectivity index is 1.59. The first-order valence-corrected chi connectivity index (χ1v) is 11.4. The van der Waals surface area contributed by atoms with Gasteiger partial charge in [0.1, 0.15) is 5.82 Å². The summed E-state index contributed by atoms with van der Waals surface area (Å²) in [6, 6.07) is 19.6. The molecule has 0 amide bonds.